The number of halogens is 2. The molecule has 0 bridgehead atoms. The van der Waals surface area contributed by atoms with Gasteiger partial charge in [0.1, 0.15) is 5.82 Å². The molecular weight excluding hydrogens is 369 g/mol. The average Bonchev–Trinajstić information content (AvgIpc) is 3.02. The van der Waals surface area contributed by atoms with Crippen LogP contribution in [-0.4, -0.2) is 36.8 Å². The zero-order chi connectivity index (χ0) is 17.9. The van der Waals surface area contributed by atoms with Gasteiger partial charge in [-0.05, 0) is 37.1 Å². The van der Waals surface area contributed by atoms with Crippen LogP contribution in [0.3, 0.4) is 0 Å². The smallest absolute Gasteiger partial charge is 0.334 e. The van der Waals surface area contributed by atoms with E-state index < -0.39 is 11.6 Å². The highest BCUT2D eigenvalue weighted by molar-refractivity contribution is 8.01. The first-order chi connectivity index (χ1) is 12.0. The molecule has 1 aliphatic carbocycles. The molecule has 1 heterocycles. The predicted octanol–water partition coefficient (Wildman–Crippen LogP) is 3.93. The number of carbonyl (C=O) groups is 1. The van der Waals surface area contributed by atoms with Gasteiger partial charge in [0.15, 0.2) is 5.79 Å². The Morgan fingerprint density at radius 2 is 2.24 bits per heavy atom. The van der Waals surface area contributed by atoms with Crippen LogP contribution in [0.25, 0.3) is 0 Å². The van der Waals surface area contributed by atoms with Gasteiger partial charge in [-0.3, -0.25) is 0 Å². The third-order valence-corrected chi connectivity index (χ3v) is 5.40. The lowest BCUT2D eigenvalue weighted by molar-refractivity contribution is -0.162. The molecule has 1 spiro atoms. The molecule has 0 aromatic heterocycles. The number of hydrogen-bond acceptors (Lipinski definition) is 6. The third kappa shape index (κ3) is 4.28. The van der Waals surface area contributed by atoms with Crippen molar-refractivity contribution in [1.29, 1.82) is 0 Å². The highest BCUT2D eigenvalue weighted by Crippen LogP contribution is 2.41. The molecule has 5 nitrogen and oxygen atoms in total. The van der Waals surface area contributed by atoms with Crippen LogP contribution in [-0.2, 0) is 19.0 Å². The minimum atomic E-state index is -0.693. The van der Waals surface area contributed by atoms with Crippen molar-refractivity contribution in [1.82, 2.24) is 0 Å². The van der Waals surface area contributed by atoms with Gasteiger partial charge in [0.2, 0.25) is 0 Å². The highest BCUT2D eigenvalue weighted by Gasteiger charge is 2.44. The Morgan fingerprint density at radius 3 is 2.92 bits per heavy atom. The molecule has 1 unspecified atom stereocenters. The van der Waals surface area contributed by atoms with Crippen molar-refractivity contribution in [2.45, 2.75) is 30.8 Å². The number of benzene rings is 1. The number of carbonyl (C=O) groups excluding carboxylic acids is 1. The number of esters is 1. The van der Waals surface area contributed by atoms with E-state index in [0.717, 1.165) is 0 Å². The van der Waals surface area contributed by atoms with E-state index in [1.807, 2.05) is 6.08 Å². The minimum Gasteiger partial charge on any atom is -0.463 e. The Balaban J connectivity index is 1.75. The molecule has 1 aromatic carbocycles. The summed E-state index contributed by atoms with van der Waals surface area (Å²) in [5, 5.41) is 0.0278. The molecule has 1 fully saturated rings. The number of rotatable bonds is 5. The Hall–Kier alpha value is -1.28. The van der Waals surface area contributed by atoms with Crippen molar-refractivity contribution in [2.24, 2.45) is 0 Å². The molecule has 8 heteroatoms. The van der Waals surface area contributed by atoms with Crippen molar-refractivity contribution < 1.29 is 23.4 Å². The molecule has 0 saturated carbocycles. The third-order valence-electron chi connectivity index (χ3n) is 4.04. The molecule has 1 N–H and O–H groups in total. The fourth-order valence-corrected chi connectivity index (χ4v) is 4.22. The second-order valence-corrected chi connectivity index (χ2v) is 7.14. The van der Waals surface area contributed by atoms with Gasteiger partial charge in [-0.2, -0.15) is 0 Å². The highest BCUT2D eigenvalue weighted by atomic mass is 35.5. The topological polar surface area (TPSA) is 56.8 Å². The van der Waals surface area contributed by atoms with Crippen LogP contribution in [0.15, 0.2) is 29.8 Å². The summed E-state index contributed by atoms with van der Waals surface area (Å²) >= 11 is 7.35. The van der Waals surface area contributed by atoms with Gasteiger partial charge in [-0.15, -0.1) is 0 Å². The van der Waals surface area contributed by atoms with Gasteiger partial charge in [-0.25, -0.2) is 9.18 Å². The van der Waals surface area contributed by atoms with E-state index in [-0.39, 0.29) is 16.2 Å². The van der Waals surface area contributed by atoms with Crippen molar-refractivity contribution in [2.75, 3.05) is 24.5 Å². The molecule has 1 aromatic rings. The fraction of sp³-hybridized carbons (Fsp3) is 0.471. The van der Waals surface area contributed by atoms with Crippen LogP contribution in [0, 0.1) is 5.82 Å². The van der Waals surface area contributed by atoms with Crippen LogP contribution < -0.4 is 4.72 Å². The van der Waals surface area contributed by atoms with Gasteiger partial charge in [0.05, 0.1) is 35.8 Å². The maximum Gasteiger partial charge on any atom is 0.334 e. The van der Waals surface area contributed by atoms with Crippen LogP contribution in [0.2, 0.25) is 5.02 Å². The zero-order valence-electron chi connectivity index (χ0n) is 13.7. The van der Waals surface area contributed by atoms with E-state index in [4.69, 9.17) is 25.8 Å². The Labute approximate surface area is 155 Å². The lowest BCUT2D eigenvalue weighted by Gasteiger charge is -2.35. The molecule has 25 heavy (non-hydrogen) atoms. The van der Waals surface area contributed by atoms with Gasteiger partial charge in [0, 0.05) is 18.4 Å². The first kappa shape index (κ1) is 18.5. The number of hydrogen-bond donors (Lipinski definition) is 1. The molecular formula is C17H19ClFNO4S. The molecule has 1 atom stereocenters. The summed E-state index contributed by atoms with van der Waals surface area (Å²) in [4.78, 5) is 12.2. The molecule has 2 aliphatic rings. The van der Waals surface area contributed by atoms with Crippen molar-refractivity contribution in [3.8, 4) is 0 Å². The maximum atomic E-state index is 13.2. The van der Waals surface area contributed by atoms with Crippen LogP contribution in [0.1, 0.15) is 19.8 Å². The maximum absolute atomic E-state index is 13.2. The standard InChI is InChI=1S/C17H19ClFNO4S/c1-2-22-16(21)12-5-6-17(23-7-8-24-17)10-15(12)25-20-14-4-3-11(19)9-13(14)18/h3-5,9,15,20H,2,6-8,10H2,1H3. The lowest BCUT2D eigenvalue weighted by atomic mass is 9.93. The van der Waals surface area contributed by atoms with Crippen LogP contribution in [0.5, 0.6) is 0 Å². The first-order valence-electron chi connectivity index (χ1n) is 8.05. The first-order valence-corrected chi connectivity index (χ1v) is 9.30. The van der Waals surface area contributed by atoms with Gasteiger partial charge >= 0.3 is 5.97 Å². The quantitative estimate of drug-likeness (QED) is 0.610. The van der Waals surface area contributed by atoms with Crippen molar-refractivity contribution >= 4 is 35.2 Å². The predicted molar refractivity (Wildman–Crippen MR) is 95.0 cm³/mol. The molecule has 1 aliphatic heterocycles. The van der Waals surface area contributed by atoms with Gasteiger partial charge in [0.25, 0.3) is 0 Å². The lowest BCUT2D eigenvalue weighted by Crippen LogP contribution is -2.39. The van der Waals surface area contributed by atoms with Crippen molar-refractivity contribution in [3.63, 3.8) is 0 Å². The molecule has 0 radical (unpaired) electrons. The van der Waals surface area contributed by atoms with E-state index in [2.05, 4.69) is 4.72 Å². The Kier molecular flexibility index (Phi) is 5.89. The van der Waals surface area contributed by atoms with E-state index >= 15 is 0 Å². The van der Waals surface area contributed by atoms with Crippen LogP contribution in [0.4, 0.5) is 10.1 Å². The summed E-state index contributed by atoms with van der Waals surface area (Å²) in [5.41, 5.74) is 1.14. The Morgan fingerprint density at radius 1 is 1.48 bits per heavy atom. The summed E-state index contributed by atoms with van der Waals surface area (Å²) in [5.74, 6) is -1.45. The summed E-state index contributed by atoms with van der Waals surface area (Å²) in [6.07, 6.45) is 2.84. The van der Waals surface area contributed by atoms with E-state index in [9.17, 15) is 9.18 Å². The molecule has 136 valence electrons. The van der Waals surface area contributed by atoms with Crippen LogP contribution >= 0.6 is 23.5 Å². The normalized spacial score (nSPS) is 21.9. The van der Waals surface area contributed by atoms with Gasteiger partial charge in [-0.1, -0.05) is 17.7 Å². The van der Waals surface area contributed by atoms with Gasteiger partial charge < -0.3 is 18.9 Å². The molecule has 3 rings (SSSR count). The number of ether oxygens (including phenoxy) is 3. The average molecular weight is 388 g/mol. The molecule has 1 saturated heterocycles. The second-order valence-electron chi connectivity index (χ2n) is 5.73. The molecule has 0 amide bonds. The second kappa shape index (κ2) is 7.95. The van der Waals surface area contributed by atoms with E-state index in [1.165, 1.54) is 24.1 Å². The zero-order valence-corrected chi connectivity index (χ0v) is 15.3. The van der Waals surface area contributed by atoms with Crippen molar-refractivity contribution in [3.05, 3.63) is 40.7 Å². The minimum absolute atomic E-state index is 0.244. The summed E-state index contributed by atoms with van der Waals surface area (Å²) in [7, 11) is 0. The largest absolute Gasteiger partial charge is 0.463 e. The number of anilines is 1. The van der Waals surface area contributed by atoms with E-state index in [1.54, 1.807) is 13.0 Å². The number of nitrogens with one attached hydrogen (secondary N) is 1. The monoisotopic (exact) mass is 387 g/mol. The summed E-state index contributed by atoms with van der Waals surface area (Å²) in [6.45, 7) is 3.15. The van der Waals surface area contributed by atoms with E-state index in [0.29, 0.717) is 43.9 Å². The summed E-state index contributed by atoms with van der Waals surface area (Å²) in [6, 6.07) is 4.11. The summed E-state index contributed by atoms with van der Waals surface area (Å²) < 4.78 is 32.9. The fourth-order valence-electron chi connectivity index (χ4n) is 2.85. The Bertz CT molecular complexity index is 679. The SMILES string of the molecule is CCOC(=O)C1=CCC2(CC1SNc1ccc(F)cc1Cl)OCCO2.